The van der Waals surface area contributed by atoms with Gasteiger partial charge in [0.05, 0.1) is 4.92 Å². The largest absolute Gasteiger partial charge is 0.514 e. The van der Waals surface area contributed by atoms with Crippen molar-refractivity contribution in [3.8, 4) is 5.75 Å². The maximum Gasteiger partial charge on any atom is 0.514 e. The number of nitro groups is 1. The van der Waals surface area contributed by atoms with Gasteiger partial charge in [-0.25, -0.2) is 4.79 Å². The number of rotatable bonds is 3. The Kier molecular flexibility index (Phi) is 3.99. The fraction of sp³-hybridized carbons (Fsp3) is 0.462. The van der Waals surface area contributed by atoms with Crippen LogP contribution < -0.4 is 4.74 Å². The standard InChI is InChI=1S/C13H15NO5/c1-9-3-2-4-12(9)19-13(15)18-11-7-5-10(6-8-11)14(16)17/h5-9,12H,2-4H2,1H3/t9-,12-/m0/s1. The van der Waals surface area contributed by atoms with E-state index in [1.807, 2.05) is 6.92 Å². The molecule has 0 N–H and O–H groups in total. The van der Waals surface area contributed by atoms with E-state index in [2.05, 4.69) is 0 Å². The molecular formula is C13H15NO5. The van der Waals surface area contributed by atoms with Gasteiger partial charge >= 0.3 is 6.16 Å². The molecule has 0 aromatic heterocycles. The third-order valence-electron chi connectivity index (χ3n) is 3.28. The Balaban J connectivity index is 1.89. The summed E-state index contributed by atoms with van der Waals surface area (Å²) in [7, 11) is 0. The fourth-order valence-corrected chi connectivity index (χ4v) is 2.17. The second kappa shape index (κ2) is 5.69. The number of carbonyl (C=O) groups is 1. The Morgan fingerprint density at radius 1 is 1.32 bits per heavy atom. The molecule has 0 spiro atoms. The Hall–Kier alpha value is -2.11. The second-order valence-electron chi connectivity index (χ2n) is 4.67. The summed E-state index contributed by atoms with van der Waals surface area (Å²) < 4.78 is 10.2. The minimum atomic E-state index is -0.757. The molecule has 6 heteroatoms. The van der Waals surface area contributed by atoms with Gasteiger partial charge in [0.1, 0.15) is 11.9 Å². The number of nitro benzene ring substituents is 1. The molecule has 0 bridgehead atoms. The van der Waals surface area contributed by atoms with Gasteiger partial charge in [-0.1, -0.05) is 6.92 Å². The Morgan fingerprint density at radius 2 is 2.00 bits per heavy atom. The van der Waals surface area contributed by atoms with Gasteiger partial charge in [0.15, 0.2) is 0 Å². The fourth-order valence-electron chi connectivity index (χ4n) is 2.17. The molecule has 0 aliphatic heterocycles. The zero-order valence-electron chi connectivity index (χ0n) is 10.6. The lowest BCUT2D eigenvalue weighted by atomic mass is 10.1. The zero-order valence-corrected chi connectivity index (χ0v) is 10.6. The Bertz CT molecular complexity index is 470. The molecule has 1 aliphatic rings. The molecule has 6 nitrogen and oxygen atoms in total. The summed E-state index contributed by atoms with van der Waals surface area (Å²) in [6.45, 7) is 2.04. The second-order valence-corrected chi connectivity index (χ2v) is 4.67. The van der Waals surface area contributed by atoms with Crippen LogP contribution in [0.4, 0.5) is 10.5 Å². The van der Waals surface area contributed by atoms with Crippen molar-refractivity contribution >= 4 is 11.8 Å². The van der Waals surface area contributed by atoms with Gasteiger partial charge in [0.2, 0.25) is 0 Å². The van der Waals surface area contributed by atoms with Crippen molar-refractivity contribution in [3.05, 3.63) is 34.4 Å². The number of benzene rings is 1. The summed E-state index contributed by atoms with van der Waals surface area (Å²) in [4.78, 5) is 21.5. The minimum absolute atomic E-state index is 0.0508. The molecule has 2 atom stereocenters. The van der Waals surface area contributed by atoms with Crippen LogP contribution in [0.5, 0.6) is 5.75 Å². The lowest BCUT2D eigenvalue weighted by Crippen LogP contribution is -2.22. The van der Waals surface area contributed by atoms with E-state index in [1.165, 1.54) is 24.3 Å². The molecule has 0 heterocycles. The van der Waals surface area contributed by atoms with Crippen LogP contribution in [0.15, 0.2) is 24.3 Å². The SMILES string of the molecule is C[C@H]1CCC[C@@H]1OC(=O)Oc1ccc([N+](=O)[O-])cc1. The number of hydrogen-bond acceptors (Lipinski definition) is 5. The minimum Gasteiger partial charge on any atom is -0.430 e. The molecule has 1 aliphatic carbocycles. The van der Waals surface area contributed by atoms with Crippen molar-refractivity contribution in [3.63, 3.8) is 0 Å². The smallest absolute Gasteiger partial charge is 0.430 e. The van der Waals surface area contributed by atoms with Crippen molar-refractivity contribution in [1.29, 1.82) is 0 Å². The van der Waals surface area contributed by atoms with E-state index in [9.17, 15) is 14.9 Å². The van der Waals surface area contributed by atoms with Crippen LogP contribution in [-0.2, 0) is 4.74 Å². The first-order chi connectivity index (χ1) is 9.06. The van der Waals surface area contributed by atoms with Crippen LogP contribution in [0, 0.1) is 16.0 Å². The van der Waals surface area contributed by atoms with Crippen LogP contribution in [0.25, 0.3) is 0 Å². The summed E-state index contributed by atoms with van der Waals surface area (Å²) in [5, 5.41) is 10.5. The Labute approximate surface area is 110 Å². The van der Waals surface area contributed by atoms with Gasteiger partial charge in [0, 0.05) is 12.1 Å². The van der Waals surface area contributed by atoms with E-state index < -0.39 is 11.1 Å². The maximum absolute atomic E-state index is 11.6. The third-order valence-corrected chi connectivity index (χ3v) is 3.28. The average Bonchev–Trinajstić information content (AvgIpc) is 2.75. The summed E-state index contributed by atoms with van der Waals surface area (Å²) in [6, 6.07) is 5.30. The highest BCUT2D eigenvalue weighted by Gasteiger charge is 2.27. The monoisotopic (exact) mass is 265 g/mol. The average molecular weight is 265 g/mol. The molecule has 1 fully saturated rings. The zero-order chi connectivity index (χ0) is 13.8. The number of ether oxygens (including phenoxy) is 2. The van der Waals surface area contributed by atoms with E-state index >= 15 is 0 Å². The summed E-state index contributed by atoms with van der Waals surface area (Å²) in [6.07, 6.45) is 2.11. The van der Waals surface area contributed by atoms with E-state index in [1.54, 1.807) is 0 Å². The summed E-state index contributed by atoms with van der Waals surface area (Å²) in [5.74, 6) is 0.589. The molecular weight excluding hydrogens is 250 g/mol. The van der Waals surface area contributed by atoms with E-state index in [-0.39, 0.29) is 17.5 Å². The molecule has 0 amide bonds. The predicted octanol–water partition coefficient (Wildman–Crippen LogP) is 3.30. The number of non-ortho nitro benzene ring substituents is 1. The van der Waals surface area contributed by atoms with Crippen LogP contribution in [0.1, 0.15) is 26.2 Å². The van der Waals surface area contributed by atoms with Gasteiger partial charge in [-0.05, 0) is 37.3 Å². The molecule has 2 rings (SSSR count). The van der Waals surface area contributed by atoms with Gasteiger partial charge < -0.3 is 9.47 Å². The number of carbonyl (C=O) groups excluding carboxylic acids is 1. The first kappa shape index (κ1) is 13.3. The molecule has 0 radical (unpaired) electrons. The van der Waals surface area contributed by atoms with Crippen LogP contribution in [-0.4, -0.2) is 17.2 Å². The normalized spacial score (nSPS) is 21.9. The molecule has 1 saturated carbocycles. The van der Waals surface area contributed by atoms with Crippen molar-refractivity contribution in [2.75, 3.05) is 0 Å². The maximum atomic E-state index is 11.6. The topological polar surface area (TPSA) is 78.7 Å². The van der Waals surface area contributed by atoms with Gasteiger partial charge in [0.25, 0.3) is 5.69 Å². The quantitative estimate of drug-likeness (QED) is 0.362. The van der Waals surface area contributed by atoms with Crippen LogP contribution in [0.3, 0.4) is 0 Å². The van der Waals surface area contributed by atoms with Crippen LogP contribution >= 0.6 is 0 Å². The van der Waals surface area contributed by atoms with Gasteiger partial charge in [-0.3, -0.25) is 10.1 Å². The van der Waals surface area contributed by atoms with E-state index in [4.69, 9.17) is 9.47 Å². The van der Waals surface area contributed by atoms with Crippen molar-refractivity contribution in [2.45, 2.75) is 32.3 Å². The van der Waals surface area contributed by atoms with Crippen molar-refractivity contribution in [1.82, 2.24) is 0 Å². The van der Waals surface area contributed by atoms with Crippen LogP contribution in [0.2, 0.25) is 0 Å². The molecule has 0 unspecified atom stereocenters. The molecule has 1 aromatic rings. The highest BCUT2D eigenvalue weighted by molar-refractivity contribution is 5.64. The molecule has 1 aromatic carbocycles. The van der Waals surface area contributed by atoms with E-state index in [0.29, 0.717) is 5.92 Å². The predicted molar refractivity (Wildman–Crippen MR) is 67.0 cm³/mol. The number of hydrogen-bond donors (Lipinski definition) is 0. The van der Waals surface area contributed by atoms with Gasteiger partial charge in [-0.15, -0.1) is 0 Å². The lowest BCUT2D eigenvalue weighted by molar-refractivity contribution is -0.384. The highest BCUT2D eigenvalue weighted by Crippen LogP contribution is 2.28. The summed E-state index contributed by atoms with van der Waals surface area (Å²) in [5.41, 5.74) is -0.0508. The first-order valence-corrected chi connectivity index (χ1v) is 6.19. The first-order valence-electron chi connectivity index (χ1n) is 6.19. The third kappa shape index (κ3) is 3.43. The Morgan fingerprint density at radius 3 is 2.53 bits per heavy atom. The highest BCUT2D eigenvalue weighted by atomic mass is 16.7. The molecule has 19 heavy (non-hydrogen) atoms. The lowest BCUT2D eigenvalue weighted by Gasteiger charge is -2.15. The van der Waals surface area contributed by atoms with E-state index in [0.717, 1.165) is 19.3 Å². The van der Waals surface area contributed by atoms with Gasteiger partial charge in [-0.2, -0.15) is 0 Å². The van der Waals surface area contributed by atoms with Crippen molar-refractivity contribution < 1.29 is 19.2 Å². The number of nitrogens with zero attached hydrogens (tertiary/aromatic N) is 1. The van der Waals surface area contributed by atoms with Crippen molar-refractivity contribution in [2.24, 2.45) is 5.92 Å². The molecule has 102 valence electrons. The molecule has 0 saturated heterocycles. The summed E-state index contributed by atoms with van der Waals surface area (Å²) >= 11 is 0.